The highest BCUT2D eigenvalue weighted by molar-refractivity contribution is 5.92. The molecule has 1 unspecified atom stereocenters. The summed E-state index contributed by atoms with van der Waals surface area (Å²) in [7, 11) is 1.81. The molecule has 126 valence electrons. The van der Waals surface area contributed by atoms with Crippen LogP contribution in [0.15, 0.2) is 53.5 Å². The smallest absolute Gasteiger partial charge is 0.274 e. The summed E-state index contributed by atoms with van der Waals surface area (Å²) in [6.45, 7) is 2.51. The van der Waals surface area contributed by atoms with Crippen LogP contribution >= 0.6 is 0 Å². The van der Waals surface area contributed by atoms with E-state index >= 15 is 0 Å². The predicted octanol–water partition coefficient (Wildman–Crippen LogP) is 2.27. The topological polar surface area (TPSA) is 69.1 Å². The van der Waals surface area contributed by atoms with Gasteiger partial charge in [-0.25, -0.2) is 0 Å². The first kappa shape index (κ1) is 16.0. The number of carbonyl (C=O) groups excluding carboxylic acids is 1. The fourth-order valence-electron chi connectivity index (χ4n) is 2.47. The van der Waals surface area contributed by atoms with Gasteiger partial charge in [0.15, 0.2) is 0 Å². The lowest BCUT2D eigenvalue weighted by atomic mass is 10.1. The van der Waals surface area contributed by atoms with Crippen LogP contribution in [-0.2, 0) is 13.1 Å². The summed E-state index contributed by atoms with van der Waals surface area (Å²) >= 11 is 0. The van der Waals surface area contributed by atoms with E-state index in [0.29, 0.717) is 12.4 Å². The highest BCUT2D eigenvalue weighted by Gasteiger charge is 2.20. The summed E-state index contributed by atoms with van der Waals surface area (Å²) in [5.74, 6) is 0.854. The van der Waals surface area contributed by atoms with Gasteiger partial charge < -0.3 is 9.32 Å². The Hall–Kier alpha value is -2.83. The predicted molar refractivity (Wildman–Crippen MR) is 88.4 cm³/mol. The van der Waals surface area contributed by atoms with E-state index in [4.69, 9.17) is 4.42 Å². The van der Waals surface area contributed by atoms with Crippen molar-refractivity contribution in [2.24, 2.45) is 0 Å². The summed E-state index contributed by atoms with van der Waals surface area (Å²) in [6.07, 6.45) is 8.66. The second-order valence-electron chi connectivity index (χ2n) is 5.81. The zero-order chi connectivity index (χ0) is 16.9. The summed E-state index contributed by atoms with van der Waals surface area (Å²) in [5.41, 5.74) is 0.439. The van der Waals surface area contributed by atoms with Crippen molar-refractivity contribution in [2.45, 2.75) is 32.5 Å². The van der Waals surface area contributed by atoms with Crippen LogP contribution in [0.5, 0.6) is 0 Å². The number of carbonyl (C=O) groups is 1. The molecule has 0 aliphatic carbocycles. The summed E-state index contributed by atoms with van der Waals surface area (Å²) in [6, 6.07) is 7.51. The average Bonchev–Trinajstić information content (AvgIpc) is 3.34. The first-order valence-corrected chi connectivity index (χ1v) is 7.94. The second-order valence-corrected chi connectivity index (χ2v) is 5.81. The zero-order valence-corrected chi connectivity index (χ0v) is 13.9. The molecule has 0 aliphatic rings. The van der Waals surface area contributed by atoms with Crippen LogP contribution in [0.25, 0.3) is 0 Å². The highest BCUT2D eigenvalue weighted by atomic mass is 16.3. The van der Waals surface area contributed by atoms with Gasteiger partial charge in [0.1, 0.15) is 18.1 Å². The van der Waals surface area contributed by atoms with Crippen molar-refractivity contribution in [3.05, 3.63) is 60.6 Å². The van der Waals surface area contributed by atoms with Crippen molar-refractivity contribution in [1.29, 1.82) is 0 Å². The number of amides is 1. The van der Waals surface area contributed by atoms with Crippen molar-refractivity contribution in [1.82, 2.24) is 24.5 Å². The fourth-order valence-corrected chi connectivity index (χ4v) is 2.47. The molecule has 0 saturated carbocycles. The largest absolute Gasteiger partial charge is 0.469 e. The van der Waals surface area contributed by atoms with Gasteiger partial charge in [-0.3, -0.25) is 14.2 Å². The Kier molecular flexibility index (Phi) is 4.79. The van der Waals surface area contributed by atoms with E-state index in [1.165, 1.54) is 0 Å². The first-order chi connectivity index (χ1) is 11.6. The van der Waals surface area contributed by atoms with Gasteiger partial charge in [-0.15, -0.1) is 0 Å². The normalized spacial score (nSPS) is 12.2. The summed E-state index contributed by atoms with van der Waals surface area (Å²) in [4.78, 5) is 14.3. The molecule has 0 fully saturated rings. The highest BCUT2D eigenvalue weighted by Crippen LogP contribution is 2.11. The van der Waals surface area contributed by atoms with Gasteiger partial charge in [-0.1, -0.05) is 0 Å². The van der Waals surface area contributed by atoms with E-state index in [0.717, 1.165) is 18.6 Å². The Bertz CT molecular complexity index is 761. The Morgan fingerprint density at radius 2 is 2.17 bits per heavy atom. The van der Waals surface area contributed by atoms with E-state index in [2.05, 4.69) is 10.2 Å². The molecule has 24 heavy (non-hydrogen) atoms. The molecule has 3 heterocycles. The van der Waals surface area contributed by atoms with Gasteiger partial charge in [-0.2, -0.15) is 10.2 Å². The number of rotatable bonds is 7. The van der Waals surface area contributed by atoms with Crippen LogP contribution < -0.4 is 0 Å². The van der Waals surface area contributed by atoms with Crippen LogP contribution in [0.1, 0.15) is 29.6 Å². The third-order valence-electron chi connectivity index (χ3n) is 4.08. The quantitative estimate of drug-likeness (QED) is 0.667. The van der Waals surface area contributed by atoms with Gasteiger partial charge in [0.2, 0.25) is 0 Å². The van der Waals surface area contributed by atoms with Crippen molar-refractivity contribution in [3.63, 3.8) is 0 Å². The van der Waals surface area contributed by atoms with Crippen molar-refractivity contribution < 1.29 is 9.21 Å². The second kappa shape index (κ2) is 7.16. The van der Waals surface area contributed by atoms with Gasteiger partial charge in [-0.05, 0) is 37.6 Å². The summed E-state index contributed by atoms with van der Waals surface area (Å²) < 4.78 is 8.78. The third-order valence-corrected chi connectivity index (χ3v) is 4.08. The molecule has 7 heteroatoms. The zero-order valence-electron chi connectivity index (χ0n) is 13.9. The monoisotopic (exact) mass is 327 g/mol. The standard InChI is InChI=1S/C17H21N5O2/c1-14(6-7-15-5-3-12-24-15)20(2)17(23)16-8-11-22(19-16)13-21-10-4-9-18-21/h3-5,8-12,14H,6-7,13H2,1-2H3. The molecule has 3 aromatic rings. The molecule has 3 aromatic heterocycles. The van der Waals surface area contributed by atoms with Gasteiger partial charge in [0.25, 0.3) is 5.91 Å². The molecule has 0 radical (unpaired) electrons. The third kappa shape index (κ3) is 3.73. The molecular weight excluding hydrogens is 306 g/mol. The number of nitrogens with zero attached hydrogens (tertiary/aromatic N) is 5. The van der Waals surface area contributed by atoms with E-state index in [9.17, 15) is 4.79 Å². The molecule has 0 aliphatic heterocycles. The molecule has 1 atom stereocenters. The van der Waals surface area contributed by atoms with E-state index in [1.54, 1.807) is 39.0 Å². The molecule has 0 spiro atoms. The number of aryl methyl sites for hydroxylation is 1. The van der Waals surface area contributed by atoms with E-state index in [1.807, 2.05) is 38.4 Å². The van der Waals surface area contributed by atoms with Crippen LogP contribution in [0.2, 0.25) is 0 Å². The minimum absolute atomic E-state index is 0.0823. The maximum absolute atomic E-state index is 12.6. The number of hydrogen-bond donors (Lipinski definition) is 0. The maximum Gasteiger partial charge on any atom is 0.274 e. The Morgan fingerprint density at radius 3 is 2.88 bits per heavy atom. The summed E-state index contributed by atoms with van der Waals surface area (Å²) in [5, 5.41) is 8.47. The van der Waals surface area contributed by atoms with Gasteiger partial charge in [0, 0.05) is 38.1 Å². The molecule has 0 bridgehead atoms. The van der Waals surface area contributed by atoms with Crippen molar-refractivity contribution in [2.75, 3.05) is 7.05 Å². The molecule has 0 saturated heterocycles. The number of furan rings is 1. The molecule has 3 rings (SSSR count). The SMILES string of the molecule is CC(CCc1ccco1)N(C)C(=O)c1ccn(Cn2cccn2)n1. The molecular formula is C17H21N5O2. The fraction of sp³-hybridized carbons (Fsp3) is 0.353. The van der Waals surface area contributed by atoms with E-state index in [-0.39, 0.29) is 11.9 Å². The molecule has 0 aromatic carbocycles. The van der Waals surface area contributed by atoms with Crippen LogP contribution in [0.3, 0.4) is 0 Å². The minimum Gasteiger partial charge on any atom is -0.469 e. The number of aromatic nitrogens is 4. The Labute approximate surface area is 140 Å². The molecule has 0 N–H and O–H groups in total. The molecule has 1 amide bonds. The average molecular weight is 327 g/mol. The van der Waals surface area contributed by atoms with Gasteiger partial charge >= 0.3 is 0 Å². The van der Waals surface area contributed by atoms with Crippen LogP contribution in [0, 0.1) is 0 Å². The van der Waals surface area contributed by atoms with Crippen molar-refractivity contribution in [3.8, 4) is 0 Å². The van der Waals surface area contributed by atoms with Gasteiger partial charge in [0.05, 0.1) is 6.26 Å². The lowest BCUT2D eigenvalue weighted by Gasteiger charge is -2.23. The minimum atomic E-state index is -0.0823. The van der Waals surface area contributed by atoms with Crippen LogP contribution in [0.4, 0.5) is 0 Å². The molecule has 7 nitrogen and oxygen atoms in total. The van der Waals surface area contributed by atoms with Crippen molar-refractivity contribution >= 4 is 5.91 Å². The lowest BCUT2D eigenvalue weighted by Crippen LogP contribution is -2.35. The van der Waals surface area contributed by atoms with E-state index < -0.39 is 0 Å². The lowest BCUT2D eigenvalue weighted by molar-refractivity contribution is 0.0729. The van der Waals surface area contributed by atoms with Crippen LogP contribution in [-0.4, -0.2) is 43.5 Å². The number of hydrogen-bond acceptors (Lipinski definition) is 4. The Morgan fingerprint density at radius 1 is 1.29 bits per heavy atom. The Balaban J connectivity index is 1.57. The maximum atomic E-state index is 12.6. The first-order valence-electron chi connectivity index (χ1n) is 7.94.